The summed E-state index contributed by atoms with van der Waals surface area (Å²) in [6.07, 6.45) is 0.440. The smallest absolute Gasteiger partial charge is 0.210 e. The molecule has 0 atom stereocenters. The van der Waals surface area contributed by atoms with Crippen LogP contribution in [0.25, 0.3) is 0 Å². The molecule has 0 amide bonds. The molecule has 6 heteroatoms. The molecule has 0 saturated heterocycles. The third-order valence-corrected chi connectivity index (χ3v) is 12.6. The van der Waals surface area contributed by atoms with Gasteiger partial charge in [-0.2, -0.15) is 0 Å². The second kappa shape index (κ2) is 8.04. The first-order valence-corrected chi connectivity index (χ1v) is 12.6. The van der Waals surface area contributed by atoms with E-state index >= 15 is 0 Å². The van der Waals surface area contributed by atoms with Crippen molar-refractivity contribution in [1.82, 2.24) is 4.39 Å². The first-order valence-electron chi connectivity index (χ1n) is 8.41. The van der Waals surface area contributed by atoms with Gasteiger partial charge in [0.05, 0.1) is 5.75 Å². The van der Waals surface area contributed by atoms with Gasteiger partial charge in [-0.1, -0.05) is 81.4 Å². The summed E-state index contributed by atoms with van der Waals surface area (Å²) in [5, 5.41) is 1.86. The van der Waals surface area contributed by atoms with Gasteiger partial charge in [-0.05, 0) is 21.8 Å². The summed E-state index contributed by atoms with van der Waals surface area (Å²) in [5.41, 5.74) is 0. The fraction of sp³-hybridized carbons (Fsp3) is 0.368. The summed E-state index contributed by atoms with van der Waals surface area (Å²) in [6.45, 7) is 6.34. The molecule has 3 nitrogen and oxygen atoms in total. The fourth-order valence-electron chi connectivity index (χ4n) is 3.21. The molecule has 1 N–H and O–H groups in total. The Morgan fingerprint density at radius 3 is 1.72 bits per heavy atom. The standard InChI is InChI=1S/C19H26ClNO2SSi/c1-19(2,3)25(17-11-6-4-7-12-17,18-13-8-5-9-14-18)21-24(22,23)16-10-15-20/h4-9,11-14,21H,10,15-16H2,1-3H3. The van der Waals surface area contributed by atoms with Crippen LogP contribution in [-0.4, -0.2) is 28.3 Å². The van der Waals surface area contributed by atoms with Gasteiger partial charge in [-0.25, -0.2) is 12.8 Å². The van der Waals surface area contributed by atoms with Gasteiger partial charge in [0.15, 0.2) is 0 Å². The molecule has 0 fully saturated rings. The van der Waals surface area contributed by atoms with Crippen molar-refractivity contribution in [2.24, 2.45) is 0 Å². The zero-order chi connectivity index (χ0) is 18.6. The Kier molecular flexibility index (Phi) is 6.49. The third kappa shape index (κ3) is 4.53. The zero-order valence-electron chi connectivity index (χ0n) is 15.0. The van der Waals surface area contributed by atoms with Crippen molar-refractivity contribution in [1.29, 1.82) is 0 Å². The molecule has 2 aromatic carbocycles. The third-order valence-electron chi connectivity index (χ3n) is 4.39. The SMILES string of the molecule is CC(C)(C)[Si](NS(=O)(=O)CCCCl)(c1ccccc1)c1ccccc1. The van der Waals surface area contributed by atoms with Crippen LogP contribution in [0.3, 0.4) is 0 Å². The van der Waals surface area contributed by atoms with E-state index < -0.39 is 18.3 Å². The highest BCUT2D eigenvalue weighted by molar-refractivity contribution is 7.91. The van der Waals surface area contributed by atoms with Gasteiger partial charge >= 0.3 is 0 Å². The topological polar surface area (TPSA) is 46.2 Å². The Hall–Kier alpha value is -1.14. The molecule has 0 unspecified atom stereocenters. The second-order valence-electron chi connectivity index (χ2n) is 7.20. The highest BCUT2D eigenvalue weighted by Crippen LogP contribution is 2.34. The Balaban J connectivity index is 2.69. The Morgan fingerprint density at radius 2 is 1.36 bits per heavy atom. The van der Waals surface area contributed by atoms with Crippen LogP contribution >= 0.6 is 11.6 Å². The van der Waals surface area contributed by atoms with E-state index in [-0.39, 0.29) is 10.8 Å². The van der Waals surface area contributed by atoms with Crippen LogP contribution in [0.5, 0.6) is 0 Å². The summed E-state index contributed by atoms with van der Waals surface area (Å²) in [7, 11) is -6.27. The molecular formula is C19H26ClNO2SSi. The van der Waals surface area contributed by atoms with E-state index in [0.29, 0.717) is 12.3 Å². The van der Waals surface area contributed by atoms with Crippen molar-refractivity contribution >= 4 is 40.2 Å². The van der Waals surface area contributed by atoms with Crippen molar-refractivity contribution < 1.29 is 8.42 Å². The maximum atomic E-state index is 12.9. The summed E-state index contributed by atoms with van der Waals surface area (Å²) in [4.78, 5) is 0. The first-order chi connectivity index (χ1) is 11.7. The molecular weight excluding hydrogens is 370 g/mol. The van der Waals surface area contributed by atoms with E-state index in [1.807, 2.05) is 60.7 Å². The fourth-order valence-corrected chi connectivity index (χ4v) is 11.9. The van der Waals surface area contributed by atoms with Crippen LogP contribution in [0.2, 0.25) is 5.04 Å². The number of rotatable bonds is 7. The van der Waals surface area contributed by atoms with E-state index in [0.717, 1.165) is 10.4 Å². The average Bonchev–Trinajstić information content (AvgIpc) is 2.58. The lowest BCUT2D eigenvalue weighted by atomic mass is 10.2. The molecule has 0 aliphatic heterocycles. The maximum Gasteiger partial charge on any atom is 0.210 e. The number of hydrogen-bond acceptors (Lipinski definition) is 2. The van der Waals surface area contributed by atoms with Crippen LogP contribution in [0.15, 0.2) is 60.7 Å². The molecule has 25 heavy (non-hydrogen) atoms. The van der Waals surface area contributed by atoms with Gasteiger partial charge in [0.1, 0.15) is 0 Å². The van der Waals surface area contributed by atoms with Gasteiger partial charge < -0.3 is 0 Å². The molecule has 0 aliphatic carbocycles. The molecule has 0 spiro atoms. The lowest BCUT2D eigenvalue weighted by molar-refractivity contribution is 0.589. The minimum absolute atomic E-state index is 0.0427. The largest absolute Gasteiger partial charge is 0.227 e. The number of sulfonamides is 1. The van der Waals surface area contributed by atoms with Crippen molar-refractivity contribution in [3.63, 3.8) is 0 Å². The van der Waals surface area contributed by atoms with Crippen LogP contribution in [0, 0.1) is 0 Å². The van der Waals surface area contributed by atoms with E-state index in [2.05, 4.69) is 25.2 Å². The molecule has 0 bridgehead atoms. The van der Waals surface area contributed by atoms with Gasteiger partial charge in [-0.3, -0.25) is 0 Å². The van der Waals surface area contributed by atoms with Crippen LogP contribution in [0.4, 0.5) is 0 Å². The Labute approximate surface area is 157 Å². The molecule has 2 aromatic rings. The lowest BCUT2D eigenvalue weighted by Gasteiger charge is -2.43. The summed E-state index contributed by atoms with van der Waals surface area (Å²) in [5.74, 6) is 0.378. The number of nitrogens with one attached hydrogen (secondary N) is 1. The minimum Gasteiger partial charge on any atom is -0.227 e. The highest BCUT2D eigenvalue weighted by atomic mass is 35.5. The van der Waals surface area contributed by atoms with Gasteiger partial charge in [0.25, 0.3) is 0 Å². The van der Waals surface area contributed by atoms with Crippen LogP contribution in [0.1, 0.15) is 27.2 Å². The normalized spacial score (nSPS) is 13.0. The van der Waals surface area contributed by atoms with Crippen LogP contribution in [-0.2, 0) is 10.0 Å². The van der Waals surface area contributed by atoms with Gasteiger partial charge in [-0.15, -0.1) is 11.6 Å². The number of halogens is 1. The predicted molar refractivity (Wildman–Crippen MR) is 110 cm³/mol. The Bertz CT molecular complexity index is 735. The summed E-state index contributed by atoms with van der Waals surface area (Å²) in [6, 6.07) is 19.9. The van der Waals surface area contributed by atoms with Gasteiger partial charge in [0, 0.05) is 5.88 Å². The van der Waals surface area contributed by atoms with Crippen molar-refractivity contribution in [3.8, 4) is 0 Å². The minimum atomic E-state index is -3.45. The van der Waals surface area contributed by atoms with Crippen molar-refractivity contribution in [2.45, 2.75) is 32.2 Å². The first kappa shape index (κ1) is 20.2. The molecule has 0 heterocycles. The van der Waals surface area contributed by atoms with Crippen molar-refractivity contribution in [3.05, 3.63) is 60.7 Å². The van der Waals surface area contributed by atoms with Crippen molar-refractivity contribution in [2.75, 3.05) is 11.6 Å². The van der Waals surface area contributed by atoms with Crippen LogP contribution < -0.4 is 14.8 Å². The van der Waals surface area contributed by atoms with E-state index in [1.165, 1.54) is 0 Å². The predicted octanol–water partition coefficient (Wildman–Crippen LogP) is 3.09. The van der Waals surface area contributed by atoms with E-state index in [1.54, 1.807) is 0 Å². The number of benzene rings is 2. The zero-order valence-corrected chi connectivity index (χ0v) is 17.6. The maximum absolute atomic E-state index is 12.9. The molecule has 0 aromatic heterocycles. The average molecular weight is 396 g/mol. The monoisotopic (exact) mass is 395 g/mol. The highest BCUT2D eigenvalue weighted by Gasteiger charge is 2.50. The lowest BCUT2D eigenvalue weighted by Crippen LogP contribution is -2.75. The molecule has 0 radical (unpaired) electrons. The summed E-state index contributed by atoms with van der Waals surface area (Å²) >= 11 is 5.72. The van der Waals surface area contributed by atoms with Gasteiger partial charge in [0.2, 0.25) is 18.3 Å². The second-order valence-corrected chi connectivity index (χ2v) is 14.2. The Morgan fingerprint density at radius 1 is 0.920 bits per heavy atom. The number of hydrogen-bond donors (Lipinski definition) is 1. The molecule has 2 rings (SSSR count). The number of alkyl halides is 1. The quantitative estimate of drug-likeness (QED) is 0.578. The molecule has 0 aliphatic rings. The summed E-state index contributed by atoms with van der Waals surface area (Å²) < 4.78 is 28.9. The molecule has 136 valence electrons. The van der Waals surface area contributed by atoms with E-state index in [9.17, 15) is 8.42 Å². The van der Waals surface area contributed by atoms with E-state index in [4.69, 9.17) is 11.6 Å². The molecule has 0 saturated carbocycles.